The van der Waals surface area contributed by atoms with E-state index in [4.69, 9.17) is 9.47 Å². The molecule has 1 saturated heterocycles. The summed E-state index contributed by atoms with van der Waals surface area (Å²) in [5.41, 5.74) is 0.122. The summed E-state index contributed by atoms with van der Waals surface area (Å²) in [4.78, 5) is 23.2. The zero-order valence-electron chi connectivity index (χ0n) is 13.8. The number of aliphatic hydroxyl groups excluding tert-OH is 3. The van der Waals surface area contributed by atoms with E-state index in [2.05, 4.69) is 10.1 Å². The zero-order chi connectivity index (χ0) is 18.6. The van der Waals surface area contributed by atoms with Crippen LogP contribution < -0.4 is 10.1 Å². The third-order valence-corrected chi connectivity index (χ3v) is 3.79. The topological polar surface area (TPSA) is 135 Å². The fourth-order valence-corrected chi connectivity index (χ4v) is 2.54. The molecular formula is C16H21NO8. The summed E-state index contributed by atoms with van der Waals surface area (Å²) in [6, 6.07) is 5.09. The molecule has 9 nitrogen and oxygen atoms in total. The Morgan fingerprint density at radius 2 is 1.92 bits per heavy atom. The highest BCUT2D eigenvalue weighted by Gasteiger charge is 2.46. The van der Waals surface area contributed by atoms with Gasteiger partial charge in [-0.05, 0) is 12.1 Å². The highest BCUT2D eigenvalue weighted by molar-refractivity contribution is 5.92. The second-order valence-electron chi connectivity index (χ2n) is 5.54. The number of carbonyl (C=O) groups is 2. The Morgan fingerprint density at radius 1 is 1.24 bits per heavy atom. The standard InChI is InChI=1S/C16H21NO8/c1-8(19)17-12-14(21)13(20)11(7-18)25-16(12)24-10-6-4-3-5-9(10)15(22)23-2/h3-6,11-14,16,18,20-21H,7H2,1-2H3,(H,17,19). The summed E-state index contributed by atoms with van der Waals surface area (Å²) >= 11 is 0. The van der Waals surface area contributed by atoms with Gasteiger partial charge in [0.2, 0.25) is 12.2 Å². The van der Waals surface area contributed by atoms with Gasteiger partial charge in [0.25, 0.3) is 0 Å². The van der Waals surface area contributed by atoms with E-state index in [1.807, 2.05) is 0 Å². The molecule has 1 aliphatic rings. The van der Waals surface area contributed by atoms with Gasteiger partial charge in [-0.3, -0.25) is 4.79 Å². The van der Waals surface area contributed by atoms with Crippen LogP contribution >= 0.6 is 0 Å². The molecule has 1 fully saturated rings. The second kappa shape index (κ2) is 8.26. The second-order valence-corrected chi connectivity index (χ2v) is 5.54. The minimum Gasteiger partial charge on any atom is -0.465 e. The van der Waals surface area contributed by atoms with Gasteiger partial charge >= 0.3 is 5.97 Å². The van der Waals surface area contributed by atoms with Gasteiger partial charge in [-0.2, -0.15) is 0 Å². The van der Waals surface area contributed by atoms with E-state index in [9.17, 15) is 24.9 Å². The lowest BCUT2D eigenvalue weighted by molar-refractivity contribution is -0.244. The van der Waals surface area contributed by atoms with Crippen LogP contribution in [-0.2, 0) is 14.3 Å². The van der Waals surface area contributed by atoms with Crippen molar-refractivity contribution in [1.82, 2.24) is 5.32 Å². The van der Waals surface area contributed by atoms with Crippen LogP contribution in [0.1, 0.15) is 17.3 Å². The van der Waals surface area contributed by atoms with Gasteiger partial charge in [0.05, 0.1) is 13.7 Å². The first kappa shape index (κ1) is 19.1. The molecule has 1 aromatic carbocycles. The van der Waals surface area contributed by atoms with Crippen molar-refractivity contribution in [3.05, 3.63) is 29.8 Å². The summed E-state index contributed by atoms with van der Waals surface area (Å²) in [6.45, 7) is 0.667. The predicted octanol–water partition coefficient (Wildman–Crippen LogP) is -1.20. The third kappa shape index (κ3) is 4.26. The number of methoxy groups -OCH3 is 1. The first-order valence-electron chi connectivity index (χ1n) is 7.62. The van der Waals surface area contributed by atoms with Gasteiger partial charge in [0.15, 0.2) is 0 Å². The summed E-state index contributed by atoms with van der Waals surface area (Å²) in [5.74, 6) is -1.01. The Hall–Kier alpha value is -2.20. The van der Waals surface area contributed by atoms with Crippen LogP contribution in [0, 0.1) is 0 Å². The van der Waals surface area contributed by atoms with E-state index in [-0.39, 0.29) is 11.3 Å². The molecule has 0 aliphatic carbocycles. The average Bonchev–Trinajstić information content (AvgIpc) is 2.60. The van der Waals surface area contributed by atoms with Crippen molar-refractivity contribution in [3.63, 3.8) is 0 Å². The Labute approximate surface area is 144 Å². The van der Waals surface area contributed by atoms with E-state index in [0.717, 1.165) is 0 Å². The van der Waals surface area contributed by atoms with E-state index < -0.39 is 49.1 Å². The van der Waals surface area contributed by atoms with Crippen LogP contribution in [0.2, 0.25) is 0 Å². The third-order valence-electron chi connectivity index (χ3n) is 3.79. The van der Waals surface area contributed by atoms with Crippen molar-refractivity contribution in [2.24, 2.45) is 0 Å². The molecule has 0 saturated carbocycles. The molecule has 1 aliphatic heterocycles. The SMILES string of the molecule is COC(=O)c1ccccc1OC1OC(CO)C(O)C(O)C1NC(C)=O. The summed E-state index contributed by atoms with van der Waals surface area (Å²) in [7, 11) is 1.22. The molecule has 1 amide bonds. The maximum Gasteiger partial charge on any atom is 0.341 e. The largest absolute Gasteiger partial charge is 0.465 e. The van der Waals surface area contributed by atoms with Crippen LogP contribution in [-0.4, -0.2) is 71.6 Å². The normalized spacial score (nSPS) is 28.9. The number of hydrogen-bond donors (Lipinski definition) is 4. The minimum atomic E-state index is -1.44. The lowest BCUT2D eigenvalue weighted by atomic mass is 9.97. The van der Waals surface area contributed by atoms with Crippen molar-refractivity contribution in [2.75, 3.05) is 13.7 Å². The van der Waals surface area contributed by atoms with Crippen molar-refractivity contribution in [1.29, 1.82) is 0 Å². The number of esters is 1. The number of para-hydroxylation sites is 1. The fourth-order valence-electron chi connectivity index (χ4n) is 2.54. The maximum atomic E-state index is 11.8. The van der Waals surface area contributed by atoms with E-state index in [1.54, 1.807) is 12.1 Å². The lowest BCUT2D eigenvalue weighted by Crippen LogP contribution is -2.65. The molecular weight excluding hydrogens is 334 g/mol. The lowest BCUT2D eigenvalue weighted by Gasteiger charge is -2.42. The minimum absolute atomic E-state index is 0.106. The van der Waals surface area contributed by atoms with E-state index in [1.165, 1.54) is 26.2 Å². The molecule has 25 heavy (non-hydrogen) atoms. The molecule has 0 spiro atoms. The Bertz CT molecular complexity index is 622. The molecule has 0 radical (unpaired) electrons. The van der Waals surface area contributed by atoms with Gasteiger partial charge in [-0.15, -0.1) is 0 Å². The molecule has 5 unspecified atom stereocenters. The van der Waals surface area contributed by atoms with Gasteiger partial charge in [-0.1, -0.05) is 12.1 Å². The summed E-state index contributed by atoms with van der Waals surface area (Å²) in [5, 5.41) is 31.9. The maximum absolute atomic E-state index is 11.8. The number of ether oxygens (including phenoxy) is 3. The number of rotatable bonds is 5. The van der Waals surface area contributed by atoms with E-state index >= 15 is 0 Å². The smallest absolute Gasteiger partial charge is 0.341 e. The molecule has 4 N–H and O–H groups in total. The first-order valence-corrected chi connectivity index (χ1v) is 7.62. The fraction of sp³-hybridized carbons (Fsp3) is 0.500. The quantitative estimate of drug-likeness (QED) is 0.484. The van der Waals surface area contributed by atoms with Crippen LogP contribution in [0.15, 0.2) is 24.3 Å². The average molecular weight is 355 g/mol. The number of carbonyl (C=O) groups excluding carboxylic acids is 2. The Kier molecular flexibility index (Phi) is 6.32. The van der Waals surface area contributed by atoms with Gasteiger partial charge < -0.3 is 34.8 Å². The van der Waals surface area contributed by atoms with Crippen LogP contribution in [0.5, 0.6) is 5.75 Å². The predicted molar refractivity (Wildman–Crippen MR) is 83.8 cm³/mol. The van der Waals surface area contributed by atoms with Crippen LogP contribution in [0.25, 0.3) is 0 Å². The molecule has 1 aromatic rings. The van der Waals surface area contributed by atoms with Crippen molar-refractivity contribution < 1.29 is 39.1 Å². The first-order chi connectivity index (χ1) is 11.9. The molecule has 5 atom stereocenters. The van der Waals surface area contributed by atoms with Gasteiger partial charge in [0, 0.05) is 6.92 Å². The molecule has 9 heteroatoms. The van der Waals surface area contributed by atoms with E-state index in [0.29, 0.717) is 0 Å². The molecule has 138 valence electrons. The van der Waals surface area contributed by atoms with Crippen LogP contribution in [0.4, 0.5) is 0 Å². The van der Waals surface area contributed by atoms with Crippen molar-refractivity contribution >= 4 is 11.9 Å². The van der Waals surface area contributed by atoms with Crippen molar-refractivity contribution in [3.8, 4) is 5.75 Å². The Morgan fingerprint density at radius 3 is 2.52 bits per heavy atom. The van der Waals surface area contributed by atoms with Gasteiger partial charge in [-0.25, -0.2) is 4.79 Å². The highest BCUT2D eigenvalue weighted by Crippen LogP contribution is 2.27. The molecule has 0 bridgehead atoms. The summed E-state index contributed by atoms with van der Waals surface area (Å²) in [6.07, 6.45) is -5.22. The molecule has 0 aromatic heterocycles. The molecule has 1 heterocycles. The highest BCUT2D eigenvalue weighted by atomic mass is 16.7. The number of amides is 1. The van der Waals surface area contributed by atoms with Gasteiger partial charge in [0.1, 0.15) is 35.7 Å². The Balaban J connectivity index is 2.30. The van der Waals surface area contributed by atoms with Crippen molar-refractivity contribution in [2.45, 2.75) is 37.6 Å². The van der Waals surface area contributed by atoms with Crippen LogP contribution in [0.3, 0.4) is 0 Å². The summed E-state index contributed by atoms with van der Waals surface area (Å²) < 4.78 is 15.8. The number of benzene rings is 1. The number of aliphatic hydroxyl groups is 3. The zero-order valence-corrected chi connectivity index (χ0v) is 13.8. The monoisotopic (exact) mass is 355 g/mol. The number of nitrogens with one attached hydrogen (secondary N) is 1. The number of hydrogen-bond acceptors (Lipinski definition) is 8. The molecule has 2 rings (SSSR count).